The summed E-state index contributed by atoms with van der Waals surface area (Å²) < 4.78 is 5.37. The Morgan fingerprint density at radius 1 is 1.38 bits per heavy atom. The number of aliphatic hydroxyl groups excluding tert-OH is 1. The fraction of sp³-hybridized carbons (Fsp3) is 0.765. The van der Waals surface area contributed by atoms with Gasteiger partial charge in [0.15, 0.2) is 0 Å². The third kappa shape index (κ3) is 3.79. The number of rotatable bonds is 5. The first-order chi connectivity index (χ1) is 11.6. The van der Waals surface area contributed by atoms with Gasteiger partial charge in [-0.05, 0) is 38.7 Å². The number of nitrogens with zero attached hydrogens (tertiary/aromatic N) is 2. The lowest BCUT2D eigenvalue weighted by atomic mass is 10.1. The summed E-state index contributed by atoms with van der Waals surface area (Å²) in [5.41, 5.74) is 3.09. The van der Waals surface area contributed by atoms with Crippen LogP contribution >= 0.6 is 0 Å². The number of H-pyrrole nitrogens is 1. The molecule has 1 aromatic rings. The molecule has 1 amide bonds. The van der Waals surface area contributed by atoms with Crippen LogP contribution in [0.25, 0.3) is 0 Å². The molecule has 0 aromatic carbocycles. The molecule has 3 atom stereocenters. The standard InChI is InChI=1S/C17H28N4O3/c1-11-13(12(2)20-19-11)3-6-16(22)18-14-4-5-15(17(14)23)21-7-9-24-10-8-21/h14-15,17,23H,3-10H2,1-2H3,(H,18,22)(H,19,20)/t14-,15-,17-/m1/s1. The number of amides is 1. The maximum absolute atomic E-state index is 12.3. The third-order valence-corrected chi connectivity index (χ3v) is 5.32. The van der Waals surface area contributed by atoms with E-state index in [4.69, 9.17) is 4.74 Å². The van der Waals surface area contributed by atoms with Gasteiger partial charge in [0, 0.05) is 31.2 Å². The lowest BCUT2D eigenvalue weighted by molar-refractivity contribution is -0.122. The number of carbonyl (C=O) groups is 1. The summed E-state index contributed by atoms with van der Waals surface area (Å²) in [6, 6.07) is -0.00514. The van der Waals surface area contributed by atoms with Gasteiger partial charge in [-0.15, -0.1) is 0 Å². The van der Waals surface area contributed by atoms with Crippen molar-refractivity contribution in [3.63, 3.8) is 0 Å². The zero-order valence-electron chi connectivity index (χ0n) is 14.5. The fourth-order valence-electron chi connectivity index (χ4n) is 3.89. The Morgan fingerprint density at radius 3 is 2.79 bits per heavy atom. The number of nitrogens with one attached hydrogen (secondary N) is 2. The van der Waals surface area contributed by atoms with Gasteiger partial charge in [-0.1, -0.05) is 0 Å². The topological polar surface area (TPSA) is 90.5 Å². The van der Waals surface area contributed by atoms with Gasteiger partial charge in [0.25, 0.3) is 0 Å². The number of aliphatic hydroxyl groups is 1. The molecule has 0 unspecified atom stereocenters. The molecule has 1 saturated heterocycles. The van der Waals surface area contributed by atoms with Crippen molar-refractivity contribution in [2.24, 2.45) is 0 Å². The predicted molar refractivity (Wildman–Crippen MR) is 89.7 cm³/mol. The number of ether oxygens (including phenoxy) is 1. The van der Waals surface area contributed by atoms with Gasteiger partial charge in [0.1, 0.15) is 0 Å². The van der Waals surface area contributed by atoms with E-state index >= 15 is 0 Å². The van der Waals surface area contributed by atoms with Gasteiger partial charge >= 0.3 is 0 Å². The van der Waals surface area contributed by atoms with Gasteiger partial charge in [-0.2, -0.15) is 5.10 Å². The largest absolute Gasteiger partial charge is 0.389 e. The van der Waals surface area contributed by atoms with E-state index in [2.05, 4.69) is 20.4 Å². The number of aryl methyl sites for hydroxylation is 2. The van der Waals surface area contributed by atoms with Gasteiger partial charge in [0.05, 0.1) is 31.1 Å². The molecule has 0 spiro atoms. The quantitative estimate of drug-likeness (QED) is 0.719. The molecule has 2 fully saturated rings. The molecule has 0 radical (unpaired) electrons. The Bertz CT molecular complexity index is 549. The van der Waals surface area contributed by atoms with Crippen LogP contribution in [0.5, 0.6) is 0 Å². The molecule has 24 heavy (non-hydrogen) atoms. The van der Waals surface area contributed by atoms with Crippen molar-refractivity contribution < 1.29 is 14.6 Å². The first kappa shape index (κ1) is 17.4. The predicted octanol–water partition coefficient (Wildman–Crippen LogP) is 0.299. The lowest BCUT2D eigenvalue weighted by Gasteiger charge is -2.34. The summed E-state index contributed by atoms with van der Waals surface area (Å²) in [5, 5.41) is 20.7. The number of hydrogen-bond acceptors (Lipinski definition) is 5. The summed E-state index contributed by atoms with van der Waals surface area (Å²) in [5.74, 6) is 0.00155. The molecule has 2 heterocycles. The molecule has 1 aliphatic heterocycles. The van der Waals surface area contributed by atoms with E-state index in [1.807, 2.05) is 13.8 Å². The van der Waals surface area contributed by atoms with Crippen molar-refractivity contribution in [2.75, 3.05) is 26.3 Å². The van der Waals surface area contributed by atoms with Crippen molar-refractivity contribution in [3.05, 3.63) is 17.0 Å². The number of carbonyl (C=O) groups excluding carboxylic acids is 1. The van der Waals surface area contributed by atoms with Crippen LogP contribution in [0.1, 0.15) is 36.2 Å². The number of morpholine rings is 1. The van der Waals surface area contributed by atoms with Gasteiger partial charge < -0.3 is 15.2 Å². The molecule has 134 valence electrons. The van der Waals surface area contributed by atoms with E-state index in [-0.39, 0.29) is 18.0 Å². The summed E-state index contributed by atoms with van der Waals surface area (Å²) in [6.07, 6.45) is 2.36. The first-order valence-electron chi connectivity index (χ1n) is 8.86. The zero-order chi connectivity index (χ0) is 17.1. The Kier molecular flexibility index (Phi) is 5.53. The van der Waals surface area contributed by atoms with E-state index in [0.717, 1.165) is 56.1 Å². The Labute approximate surface area is 142 Å². The minimum absolute atomic E-state index is 0.00155. The van der Waals surface area contributed by atoms with Crippen LogP contribution in [-0.4, -0.2) is 70.6 Å². The second kappa shape index (κ2) is 7.63. The highest BCUT2D eigenvalue weighted by molar-refractivity contribution is 5.76. The average Bonchev–Trinajstić information content (AvgIpc) is 3.10. The van der Waals surface area contributed by atoms with E-state index in [9.17, 15) is 9.90 Å². The molecule has 1 aromatic heterocycles. The van der Waals surface area contributed by atoms with Gasteiger partial charge in [-0.3, -0.25) is 14.8 Å². The van der Waals surface area contributed by atoms with E-state index in [1.54, 1.807) is 0 Å². The summed E-state index contributed by atoms with van der Waals surface area (Å²) >= 11 is 0. The Hall–Kier alpha value is -1.44. The highest BCUT2D eigenvalue weighted by Gasteiger charge is 2.39. The molecule has 1 saturated carbocycles. The molecule has 3 rings (SSSR count). The SMILES string of the molecule is Cc1n[nH]c(C)c1CCC(=O)N[C@@H]1CC[C@@H](N2CCOCC2)[C@@H]1O. The summed E-state index contributed by atoms with van der Waals surface area (Å²) in [4.78, 5) is 14.5. The van der Waals surface area contributed by atoms with E-state index < -0.39 is 6.10 Å². The fourth-order valence-corrected chi connectivity index (χ4v) is 3.89. The normalized spacial score (nSPS) is 28.2. The minimum atomic E-state index is -0.496. The highest BCUT2D eigenvalue weighted by Crippen LogP contribution is 2.25. The van der Waals surface area contributed by atoms with Crippen LogP contribution < -0.4 is 5.32 Å². The van der Waals surface area contributed by atoms with E-state index in [0.29, 0.717) is 12.8 Å². The van der Waals surface area contributed by atoms with Crippen molar-refractivity contribution in [2.45, 2.75) is 57.7 Å². The van der Waals surface area contributed by atoms with Crippen molar-refractivity contribution in [1.82, 2.24) is 20.4 Å². The number of hydrogen-bond donors (Lipinski definition) is 3. The molecule has 3 N–H and O–H groups in total. The van der Waals surface area contributed by atoms with Gasteiger partial charge in [0.2, 0.25) is 5.91 Å². The zero-order valence-corrected chi connectivity index (χ0v) is 14.5. The van der Waals surface area contributed by atoms with Crippen LogP contribution in [0.3, 0.4) is 0 Å². The molecular formula is C17H28N4O3. The first-order valence-corrected chi connectivity index (χ1v) is 8.86. The number of aromatic nitrogens is 2. The minimum Gasteiger partial charge on any atom is -0.389 e. The summed E-state index contributed by atoms with van der Waals surface area (Å²) in [7, 11) is 0. The monoisotopic (exact) mass is 336 g/mol. The lowest BCUT2D eigenvalue weighted by Crippen LogP contribution is -2.51. The number of aromatic amines is 1. The van der Waals surface area contributed by atoms with E-state index in [1.165, 1.54) is 0 Å². The van der Waals surface area contributed by atoms with Crippen LogP contribution in [0.2, 0.25) is 0 Å². The third-order valence-electron chi connectivity index (χ3n) is 5.32. The highest BCUT2D eigenvalue weighted by atomic mass is 16.5. The molecule has 1 aliphatic carbocycles. The van der Waals surface area contributed by atoms with Crippen LogP contribution in [-0.2, 0) is 16.0 Å². The molecule has 0 bridgehead atoms. The second-order valence-corrected chi connectivity index (χ2v) is 6.87. The molecular weight excluding hydrogens is 308 g/mol. The van der Waals surface area contributed by atoms with Crippen LogP contribution in [0, 0.1) is 13.8 Å². The van der Waals surface area contributed by atoms with Crippen molar-refractivity contribution >= 4 is 5.91 Å². The summed E-state index contributed by atoms with van der Waals surface area (Å²) in [6.45, 7) is 7.10. The second-order valence-electron chi connectivity index (χ2n) is 6.87. The van der Waals surface area contributed by atoms with Crippen molar-refractivity contribution in [3.8, 4) is 0 Å². The Morgan fingerprint density at radius 2 is 2.12 bits per heavy atom. The smallest absolute Gasteiger partial charge is 0.220 e. The van der Waals surface area contributed by atoms with Crippen LogP contribution in [0.4, 0.5) is 0 Å². The van der Waals surface area contributed by atoms with Crippen molar-refractivity contribution in [1.29, 1.82) is 0 Å². The van der Waals surface area contributed by atoms with Crippen LogP contribution in [0.15, 0.2) is 0 Å². The van der Waals surface area contributed by atoms with Gasteiger partial charge in [-0.25, -0.2) is 0 Å². The maximum Gasteiger partial charge on any atom is 0.220 e. The molecule has 7 nitrogen and oxygen atoms in total. The Balaban J connectivity index is 1.48. The maximum atomic E-state index is 12.3. The molecule has 7 heteroatoms. The average molecular weight is 336 g/mol. The molecule has 2 aliphatic rings.